The van der Waals surface area contributed by atoms with Crippen molar-refractivity contribution < 1.29 is 4.79 Å². The highest BCUT2D eigenvalue weighted by atomic mass is 35.5. The van der Waals surface area contributed by atoms with Gasteiger partial charge in [0, 0.05) is 16.5 Å². The Kier molecular flexibility index (Phi) is 4.58. The van der Waals surface area contributed by atoms with E-state index in [9.17, 15) is 4.79 Å². The number of rotatable bonds is 3. The molecule has 3 N–H and O–H groups in total. The quantitative estimate of drug-likeness (QED) is 0.912. The van der Waals surface area contributed by atoms with Gasteiger partial charge < -0.3 is 11.1 Å². The van der Waals surface area contributed by atoms with Crippen LogP contribution < -0.4 is 11.1 Å². The molecule has 1 atom stereocenters. The number of nitrogens with two attached hydrogens (primary N) is 1. The normalized spacial score (nSPS) is 13.0. The van der Waals surface area contributed by atoms with Crippen molar-refractivity contribution in [1.29, 1.82) is 0 Å². The van der Waals surface area contributed by atoms with Gasteiger partial charge in [0.25, 0.3) is 0 Å². The molecule has 118 valence electrons. The lowest BCUT2D eigenvalue weighted by Gasteiger charge is -2.14. The molecule has 22 heavy (non-hydrogen) atoms. The van der Waals surface area contributed by atoms with Crippen LogP contribution in [0.25, 0.3) is 5.69 Å². The molecule has 5 nitrogen and oxygen atoms in total. The number of halogens is 1. The first kappa shape index (κ1) is 16.5. The molecule has 0 fully saturated rings. The number of aromatic nitrogens is 2. The minimum atomic E-state index is -0.596. The van der Waals surface area contributed by atoms with E-state index in [0.717, 1.165) is 11.4 Å². The van der Waals surface area contributed by atoms with Gasteiger partial charge in [-0.05, 0) is 25.1 Å². The van der Waals surface area contributed by atoms with Crippen LogP contribution in [0.1, 0.15) is 33.4 Å². The van der Waals surface area contributed by atoms with E-state index in [1.165, 1.54) is 0 Å². The summed E-state index contributed by atoms with van der Waals surface area (Å²) in [6.45, 7) is 7.83. The Labute approximate surface area is 135 Å². The van der Waals surface area contributed by atoms with Gasteiger partial charge in [-0.15, -0.1) is 0 Å². The topological polar surface area (TPSA) is 72.9 Å². The predicted octanol–water partition coefficient (Wildman–Crippen LogP) is 3.11. The summed E-state index contributed by atoms with van der Waals surface area (Å²) >= 11 is 6.05. The minimum absolute atomic E-state index is 0.141. The summed E-state index contributed by atoms with van der Waals surface area (Å²) in [5.41, 5.74) is 7.13. The average molecular weight is 321 g/mol. The van der Waals surface area contributed by atoms with Gasteiger partial charge in [0.1, 0.15) is 5.82 Å². The first-order valence-electron chi connectivity index (χ1n) is 7.11. The number of hydrogen-bond acceptors (Lipinski definition) is 3. The van der Waals surface area contributed by atoms with Crippen LogP contribution in [0.2, 0.25) is 5.02 Å². The van der Waals surface area contributed by atoms with Gasteiger partial charge in [0.05, 0.1) is 17.4 Å². The summed E-state index contributed by atoms with van der Waals surface area (Å²) in [7, 11) is 0. The highest BCUT2D eigenvalue weighted by molar-refractivity contribution is 6.30. The largest absolute Gasteiger partial charge is 0.320 e. The lowest BCUT2D eigenvalue weighted by atomic mass is 9.92. The molecule has 0 bridgehead atoms. The van der Waals surface area contributed by atoms with Crippen LogP contribution >= 0.6 is 11.6 Å². The van der Waals surface area contributed by atoms with Crippen molar-refractivity contribution in [3.63, 3.8) is 0 Å². The second-order valence-electron chi connectivity index (χ2n) is 6.33. The molecule has 0 aliphatic carbocycles. The number of carbonyl (C=O) groups is 1. The Hall–Kier alpha value is -1.85. The van der Waals surface area contributed by atoms with Crippen LogP contribution in [-0.4, -0.2) is 21.7 Å². The SMILES string of the molecule is C[C@H](N)C(=O)Nc1cc(C(C)(C)C)nn1-c1cccc(Cl)c1. The molecular formula is C16H21ClN4O. The van der Waals surface area contributed by atoms with E-state index < -0.39 is 6.04 Å². The number of nitrogens with zero attached hydrogens (tertiary/aromatic N) is 2. The van der Waals surface area contributed by atoms with Crippen LogP contribution in [0.4, 0.5) is 5.82 Å². The number of anilines is 1. The third-order valence-electron chi connectivity index (χ3n) is 3.20. The van der Waals surface area contributed by atoms with Crippen LogP contribution in [-0.2, 0) is 10.2 Å². The van der Waals surface area contributed by atoms with Crippen molar-refractivity contribution in [1.82, 2.24) is 9.78 Å². The first-order valence-corrected chi connectivity index (χ1v) is 7.49. The van der Waals surface area contributed by atoms with Crippen LogP contribution in [0.5, 0.6) is 0 Å². The Morgan fingerprint density at radius 3 is 2.59 bits per heavy atom. The fourth-order valence-corrected chi connectivity index (χ4v) is 2.07. The molecule has 0 aliphatic rings. The molecule has 0 saturated carbocycles. The van der Waals surface area contributed by atoms with E-state index in [0.29, 0.717) is 10.8 Å². The van der Waals surface area contributed by atoms with Gasteiger partial charge >= 0.3 is 0 Å². The smallest absolute Gasteiger partial charge is 0.242 e. The fourth-order valence-electron chi connectivity index (χ4n) is 1.88. The molecule has 2 rings (SSSR count). The molecule has 0 saturated heterocycles. The second kappa shape index (κ2) is 6.10. The van der Waals surface area contributed by atoms with E-state index in [4.69, 9.17) is 17.3 Å². The van der Waals surface area contributed by atoms with Gasteiger partial charge in [-0.3, -0.25) is 4.79 Å². The van der Waals surface area contributed by atoms with E-state index in [-0.39, 0.29) is 11.3 Å². The summed E-state index contributed by atoms with van der Waals surface area (Å²) in [6.07, 6.45) is 0. The maximum atomic E-state index is 11.9. The van der Waals surface area contributed by atoms with Crippen LogP contribution in [0.3, 0.4) is 0 Å². The highest BCUT2D eigenvalue weighted by Crippen LogP contribution is 2.27. The minimum Gasteiger partial charge on any atom is -0.320 e. The number of hydrogen-bond donors (Lipinski definition) is 2. The molecule has 6 heteroatoms. The van der Waals surface area contributed by atoms with Crippen molar-refractivity contribution in [2.75, 3.05) is 5.32 Å². The number of benzene rings is 1. The molecule has 1 aromatic heterocycles. The Morgan fingerprint density at radius 1 is 1.36 bits per heavy atom. The third-order valence-corrected chi connectivity index (χ3v) is 3.43. The molecule has 2 aromatic rings. The summed E-state index contributed by atoms with van der Waals surface area (Å²) in [4.78, 5) is 11.9. The van der Waals surface area contributed by atoms with E-state index in [2.05, 4.69) is 31.2 Å². The number of nitrogens with one attached hydrogen (secondary N) is 1. The van der Waals surface area contributed by atoms with Crippen molar-refractivity contribution >= 4 is 23.3 Å². The van der Waals surface area contributed by atoms with Crippen molar-refractivity contribution in [2.45, 2.75) is 39.2 Å². The molecule has 0 aliphatic heterocycles. The summed E-state index contributed by atoms with van der Waals surface area (Å²) in [5, 5.41) is 8.03. The highest BCUT2D eigenvalue weighted by Gasteiger charge is 2.22. The first-order chi connectivity index (χ1) is 10.2. The zero-order valence-corrected chi connectivity index (χ0v) is 14.0. The standard InChI is InChI=1S/C16H21ClN4O/c1-10(18)15(22)19-14-9-13(16(2,3)4)20-21(14)12-7-5-6-11(17)8-12/h5-10H,18H2,1-4H3,(H,19,22)/t10-/m0/s1. The van der Waals surface area contributed by atoms with E-state index >= 15 is 0 Å². The molecular weight excluding hydrogens is 300 g/mol. The number of carbonyl (C=O) groups excluding carboxylic acids is 1. The maximum absolute atomic E-state index is 11.9. The molecule has 0 spiro atoms. The molecule has 0 unspecified atom stereocenters. The third kappa shape index (κ3) is 3.67. The second-order valence-corrected chi connectivity index (χ2v) is 6.77. The van der Waals surface area contributed by atoms with Gasteiger partial charge in [0.15, 0.2) is 0 Å². The van der Waals surface area contributed by atoms with Crippen molar-refractivity contribution in [2.24, 2.45) is 5.73 Å². The molecule has 1 aromatic carbocycles. The van der Waals surface area contributed by atoms with Gasteiger partial charge in [-0.1, -0.05) is 38.4 Å². The zero-order chi connectivity index (χ0) is 16.5. The summed E-state index contributed by atoms with van der Waals surface area (Å²) < 4.78 is 1.67. The molecule has 0 radical (unpaired) electrons. The Balaban J connectivity index is 2.50. The Morgan fingerprint density at radius 2 is 2.05 bits per heavy atom. The fraction of sp³-hybridized carbons (Fsp3) is 0.375. The van der Waals surface area contributed by atoms with Gasteiger partial charge in [0.2, 0.25) is 5.91 Å². The lowest BCUT2D eigenvalue weighted by Crippen LogP contribution is -2.33. The van der Waals surface area contributed by atoms with E-state index in [1.54, 1.807) is 23.7 Å². The lowest BCUT2D eigenvalue weighted by molar-refractivity contribution is -0.117. The molecule has 1 heterocycles. The van der Waals surface area contributed by atoms with E-state index in [1.807, 2.05) is 18.2 Å². The van der Waals surface area contributed by atoms with Gasteiger partial charge in [-0.25, -0.2) is 4.68 Å². The maximum Gasteiger partial charge on any atom is 0.242 e. The monoisotopic (exact) mass is 320 g/mol. The van der Waals surface area contributed by atoms with Crippen LogP contribution in [0.15, 0.2) is 30.3 Å². The number of amides is 1. The van der Waals surface area contributed by atoms with Crippen molar-refractivity contribution in [3.8, 4) is 5.69 Å². The Bertz CT molecular complexity index is 686. The predicted molar refractivity (Wildman–Crippen MR) is 89.6 cm³/mol. The van der Waals surface area contributed by atoms with Crippen molar-refractivity contribution in [3.05, 3.63) is 41.0 Å². The summed E-state index contributed by atoms with van der Waals surface area (Å²) in [5.74, 6) is 0.318. The average Bonchev–Trinajstić information content (AvgIpc) is 2.82. The van der Waals surface area contributed by atoms with Gasteiger partial charge in [-0.2, -0.15) is 5.10 Å². The molecule has 1 amide bonds. The van der Waals surface area contributed by atoms with Crippen LogP contribution in [0, 0.1) is 0 Å². The summed E-state index contributed by atoms with van der Waals surface area (Å²) in [6, 6.07) is 8.57. The zero-order valence-electron chi connectivity index (χ0n) is 13.2.